The largest absolute Gasteiger partial charge is 0.328 e. The lowest BCUT2D eigenvalue weighted by Crippen LogP contribution is -2.45. The Morgan fingerprint density at radius 3 is 2.78 bits per heavy atom. The third-order valence-corrected chi connectivity index (χ3v) is 4.83. The predicted molar refractivity (Wildman–Crippen MR) is 77.4 cm³/mol. The van der Waals surface area contributed by atoms with Crippen molar-refractivity contribution in [3.8, 4) is 0 Å². The summed E-state index contributed by atoms with van der Waals surface area (Å²) < 4.78 is 3.18. The molecule has 1 aliphatic heterocycles. The number of hydrogen-bond acceptors (Lipinski definition) is 3. The van der Waals surface area contributed by atoms with Crippen molar-refractivity contribution in [3.63, 3.8) is 0 Å². The van der Waals surface area contributed by atoms with Gasteiger partial charge in [-0.15, -0.1) is 0 Å². The molecule has 0 spiro atoms. The van der Waals surface area contributed by atoms with Crippen molar-refractivity contribution in [2.45, 2.75) is 51.7 Å². The Bertz CT molecular complexity index is 415. The summed E-state index contributed by atoms with van der Waals surface area (Å²) in [5, 5.41) is 4.55. The highest BCUT2D eigenvalue weighted by Crippen LogP contribution is 2.25. The maximum Gasteiger partial charge on any atom is 0.0767 e. The molecule has 2 N–H and O–H groups in total. The van der Waals surface area contributed by atoms with Gasteiger partial charge >= 0.3 is 0 Å². The van der Waals surface area contributed by atoms with Crippen molar-refractivity contribution >= 4 is 15.9 Å². The first-order chi connectivity index (χ1) is 8.52. The first-order valence-corrected chi connectivity index (χ1v) is 7.52. The number of halogens is 1. The van der Waals surface area contributed by atoms with Gasteiger partial charge in [-0.25, -0.2) is 0 Å². The molecule has 2 atom stereocenters. The van der Waals surface area contributed by atoms with Gasteiger partial charge in [0.2, 0.25) is 0 Å². The maximum absolute atomic E-state index is 6.01. The van der Waals surface area contributed by atoms with Crippen LogP contribution >= 0.6 is 15.9 Å². The van der Waals surface area contributed by atoms with Crippen LogP contribution in [0.15, 0.2) is 4.47 Å². The number of nitrogens with two attached hydrogens (primary N) is 1. The third kappa shape index (κ3) is 2.78. The molecule has 1 aromatic rings. The Morgan fingerprint density at radius 2 is 2.22 bits per heavy atom. The van der Waals surface area contributed by atoms with Crippen molar-refractivity contribution in [2.75, 3.05) is 6.54 Å². The van der Waals surface area contributed by atoms with Gasteiger partial charge in [-0.05, 0) is 42.1 Å². The van der Waals surface area contributed by atoms with E-state index in [2.05, 4.69) is 39.8 Å². The van der Waals surface area contributed by atoms with E-state index in [-0.39, 0.29) is 0 Å². The van der Waals surface area contributed by atoms with E-state index in [1.165, 1.54) is 10.2 Å². The summed E-state index contributed by atoms with van der Waals surface area (Å²) in [6, 6.07) is 0.929. The molecule has 0 saturated carbocycles. The number of aryl methyl sites for hydroxylation is 2. The fourth-order valence-corrected chi connectivity index (χ4v) is 3.42. The molecule has 102 valence electrons. The summed E-state index contributed by atoms with van der Waals surface area (Å²) in [6.07, 6.45) is 3.16. The van der Waals surface area contributed by atoms with Crippen LogP contribution in [0.25, 0.3) is 0 Å². The van der Waals surface area contributed by atoms with E-state index < -0.39 is 0 Å². The Kier molecular flexibility index (Phi) is 4.45. The normalized spacial score (nSPS) is 25.6. The van der Waals surface area contributed by atoms with Gasteiger partial charge < -0.3 is 5.73 Å². The van der Waals surface area contributed by atoms with Gasteiger partial charge in [-0.2, -0.15) is 5.10 Å². The molecule has 0 radical (unpaired) electrons. The summed E-state index contributed by atoms with van der Waals surface area (Å²) in [7, 11) is 2.03. The average molecular weight is 315 g/mol. The summed E-state index contributed by atoms with van der Waals surface area (Å²) in [5.41, 5.74) is 8.43. The maximum atomic E-state index is 6.01. The SMILES string of the molecule is CCc1nn(C)c(CN2CCC(N)CC2C)c1Br. The van der Waals surface area contributed by atoms with E-state index in [4.69, 9.17) is 5.73 Å². The van der Waals surface area contributed by atoms with E-state index in [0.29, 0.717) is 12.1 Å². The molecule has 4 nitrogen and oxygen atoms in total. The molecule has 1 fully saturated rings. The molecule has 2 rings (SSSR count). The van der Waals surface area contributed by atoms with E-state index in [0.717, 1.165) is 38.0 Å². The van der Waals surface area contributed by atoms with E-state index >= 15 is 0 Å². The van der Waals surface area contributed by atoms with Crippen molar-refractivity contribution in [2.24, 2.45) is 12.8 Å². The van der Waals surface area contributed by atoms with Crippen LogP contribution < -0.4 is 5.73 Å². The van der Waals surface area contributed by atoms with Crippen LogP contribution in [0.3, 0.4) is 0 Å². The van der Waals surface area contributed by atoms with Crippen molar-refractivity contribution in [1.29, 1.82) is 0 Å². The molecule has 18 heavy (non-hydrogen) atoms. The second-order valence-electron chi connectivity index (χ2n) is 5.29. The fourth-order valence-electron chi connectivity index (χ4n) is 2.68. The van der Waals surface area contributed by atoms with E-state index in [1.807, 2.05) is 11.7 Å². The molecule has 0 aromatic carbocycles. The molecule has 2 unspecified atom stereocenters. The Morgan fingerprint density at radius 1 is 1.50 bits per heavy atom. The topological polar surface area (TPSA) is 47.1 Å². The van der Waals surface area contributed by atoms with Gasteiger partial charge in [0.25, 0.3) is 0 Å². The van der Waals surface area contributed by atoms with Crippen molar-refractivity contribution in [3.05, 3.63) is 15.9 Å². The Hall–Kier alpha value is -0.390. The molecule has 1 aromatic heterocycles. The molecular weight excluding hydrogens is 292 g/mol. The smallest absolute Gasteiger partial charge is 0.0767 e. The quantitative estimate of drug-likeness (QED) is 0.929. The van der Waals surface area contributed by atoms with Crippen LogP contribution in [0.4, 0.5) is 0 Å². The average Bonchev–Trinajstić information content (AvgIpc) is 2.59. The molecule has 1 aliphatic rings. The monoisotopic (exact) mass is 314 g/mol. The fraction of sp³-hybridized carbons (Fsp3) is 0.769. The van der Waals surface area contributed by atoms with Gasteiger partial charge in [0, 0.05) is 32.2 Å². The van der Waals surface area contributed by atoms with Crippen LogP contribution in [0.1, 0.15) is 38.1 Å². The standard InChI is InChI=1S/C13H23BrN4/c1-4-11-13(14)12(17(3)16-11)8-18-6-5-10(15)7-9(18)2/h9-10H,4-8,15H2,1-3H3. The number of rotatable bonds is 3. The first kappa shape index (κ1) is 14.0. The minimum Gasteiger partial charge on any atom is -0.328 e. The molecule has 0 bridgehead atoms. The molecule has 5 heteroatoms. The van der Waals surface area contributed by atoms with Crippen molar-refractivity contribution in [1.82, 2.24) is 14.7 Å². The number of piperidine rings is 1. The van der Waals surface area contributed by atoms with Gasteiger partial charge in [-0.3, -0.25) is 9.58 Å². The van der Waals surface area contributed by atoms with Crippen LogP contribution in [0.2, 0.25) is 0 Å². The summed E-state index contributed by atoms with van der Waals surface area (Å²) >= 11 is 3.69. The van der Waals surface area contributed by atoms with Crippen LogP contribution in [0, 0.1) is 0 Å². The molecule has 0 aliphatic carbocycles. The van der Waals surface area contributed by atoms with E-state index in [1.54, 1.807) is 0 Å². The lowest BCUT2D eigenvalue weighted by Gasteiger charge is -2.36. The highest BCUT2D eigenvalue weighted by Gasteiger charge is 2.25. The zero-order valence-electron chi connectivity index (χ0n) is 11.5. The number of aromatic nitrogens is 2. The van der Waals surface area contributed by atoms with Crippen LogP contribution in [-0.2, 0) is 20.0 Å². The third-order valence-electron chi connectivity index (χ3n) is 3.91. The summed E-state index contributed by atoms with van der Waals surface area (Å²) in [5.74, 6) is 0. The second kappa shape index (κ2) is 5.72. The Balaban J connectivity index is 2.12. The van der Waals surface area contributed by atoms with Gasteiger partial charge in [-0.1, -0.05) is 6.92 Å². The summed E-state index contributed by atoms with van der Waals surface area (Å²) in [4.78, 5) is 2.50. The van der Waals surface area contributed by atoms with Crippen LogP contribution in [0.5, 0.6) is 0 Å². The first-order valence-electron chi connectivity index (χ1n) is 6.72. The number of hydrogen-bond donors (Lipinski definition) is 1. The van der Waals surface area contributed by atoms with Gasteiger partial charge in [0.15, 0.2) is 0 Å². The number of likely N-dealkylation sites (tertiary alicyclic amines) is 1. The van der Waals surface area contributed by atoms with Crippen LogP contribution in [-0.4, -0.2) is 33.3 Å². The summed E-state index contributed by atoms with van der Waals surface area (Å²) in [6.45, 7) is 6.45. The molecule has 1 saturated heterocycles. The van der Waals surface area contributed by atoms with Gasteiger partial charge in [0.05, 0.1) is 15.9 Å². The Labute approximate surface area is 118 Å². The predicted octanol–water partition coefficient (Wildman–Crippen LogP) is 2.06. The highest BCUT2D eigenvalue weighted by molar-refractivity contribution is 9.10. The molecule has 0 amide bonds. The number of nitrogens with zero attached hydrogens (tertiary/aromatic N) is 3. The second-order valence-corrected chi connectivity index (χ2v) is 6.08. The van der Waals surface area contributed by atoms with E-state index in [9.17, 15) is 0 Å². The molecule has 2 heterocycles. The highest BCUT2D eigenvalue weighted by atomic mass is 79.9. The zero-order valence-corrected chi connectivity index (χ0v) is 13.1. The van der Waals surface area contributed by atoms with Gasteiger partial charge in [0.1, 0.15) is 0 Å². The minimum atomic E-state index is 0.373. The van der Waals surface area contributed by atoms with Crippen molar-refractivity contribution < 1.29 is 0 Å². The minimum absolute atomic E-state index is 0.373. The molecular formula is C13H23BrN4. The lowest BCUT2D eigenvalue weighted by atomic mass is 9.99. The lowest BCUT2D eigenvalue weighted by molar-refractivity contribution is 0.136. The zero-order chi connectivity index (χ0) is 13.3.